The van der Waals surface area contributed by atoms with Crippen molar-refractivity contribution >= 4 is 10.0 Å². The van der Waals surface area contributed by atoms with Crippen LogP contribution >= 0.6 is 0 Å². The first kappa shape index (κ1) is 12.7. The zero-order valence-electron chi connectivity index (χ0n) is 10.2. The predicted molar refractivity (Wildman–Crippen MR) is 63.1 cm³/mol. The second-order valence-electron chi connectivity index (χ2n) is 4.89. The Kier molecular flexibility index (Phi) is 3.61. The molecular weight excluding hydrogens is 210 g/mol. The predicted octanol–water partition coefficient (Wildman–Crippen LogP) is 1.87. The Hall–Kier alpha value is -0.350. The summed E-state index contributed by atoms with van der Waals surface area (Å²) in [6, 6.07) is 0. The van der Waals surface area contributed by atoms with Gasteiger partial charge in [-0.25, -0.2) is 8.42 Å². The number of nitrogens with zero attached hydrogens (tertiary/aromatic N) is 1. The van der Waals surface area contributed by atoms with E-state index in [0.29, 0.717) is 24.9 Å². The number of hydrogen-bond acceptors (Lipinski definition) is 2. The van der Waals surface area contributed by atoms with E-state index in [1.54, 1.807) is 4.31 Å². The molecule has 0 radical (unpaired) electrons. The van der Waals surface area contributed by atoms with Gasteiger partial charge in [-0.3, -0.25) is 0 Å². The number of sulfonamides is 1. The molecule has 0 fully saturated rings. The number of rotatable bonds is 3. The summed E-state index contributed by atoms with van der Waals surface area (Å²) in [5, 5.41) is 0. The normalized spacial score (nSPS) is 19.7. The van der Waals surface area contributed by atoms with Gasteiger partial charge < -0.3 is 0 Å². The average molecular weight is 231 g/mol. The minimum absolute atomic E-state index is 0.439. The van der Waals surface area contributed by atoms with E-state index in [1.807, 2.05) is 0 Å². The highest BCUT2D eigenvalue weighted by molar-refractivity contribution is 7.88. The van der Waals surface area contributed by atoms with Crippen LogP contribution in [0.1, 0.15) is 27.7 Å². The lowest BCUT2D eigenvalue weighted by Crippen LogP contribution is -2.28. The molecule has 1 aliphatic rings. The lowest BCUT2D eigenvalue weighted by molar-refractivity contribution is 0.476. The highest BCUT2D eigenvalue weighted by Crippen LogP contribution is 2.29. The van der Waals surface area contributed by atoms with Crippen molar-refractivity contribution in [2.75, 3.05) is 19.3 Å². The molecule has 1 rings (SSSR count). The van der Waals surface area contributed by atoms with Crippen LogP contribution in [0.25, 0.3) is 0 Å². The van der Waals surface area contributed by atoms with Crippen LogP contribution < -0.4 is 0 Å². The maximum absolute atomic E-state index is 11.5. The standard InChI is InChI=1S/C11H21NO2S/c1-8(2)10-6-12(15(5,13)14)7-11(10)9(3)4/h8-9H,6-7H2,1-5H3. The molecule has 0 unspecified atom stereocenters. The highest BCUT2D eigenvalue weighted by atomic mass is 32.2. The zero-order valence-corrected chi connectivity index (χ0v) is 11.1. The van der Waals surface area contributed by atoms with Gasteiger partial charge in [-0.1, -0.05) is 38.8 Å². The van der Waals surface area contributed by atoms with E-state index < -0.39 is 10.0 Å². The summed E-state index contributed by atoms with van der Waals surface area (Å²) in [4.78, 5) is 0. The molecule has 15 heavy (non-hydrogen) atoms. The average Bonchev–Trinajstić information content (AvgIpc) is 2.45. The van der Waals surface area contributed by atoms with Crippen LogP contribution in [0.2, 0.25) is 0 Å². The largest absolute Gasteiger partial charge is 0.212 e. The topological polar surface area (TPSA) is 37.4 Å². The lowest BCUT2D eigenvalue weighted by atomic mass is 9.93. The summed E-state index contributed by atoms with van der Waals surface area (Å²) in [5.41, 5.74) is 2.60. The molecule has 3 nitrogen and oxygen atoms in total. The maximum Gasteiger partial charge on any atom is 0.211 e. The van der Waals surface area contributed by atoms with Gasteiger partial charge in [-0.15, -0.1) is 0 Å². The smallest absolute Gasteiger partial charge is 0.211 e. The molecule has 0 saturated heterocycles. The molecule has 1 heterocycles. The summed E-state index contributed by atoms with van der Waals surface area (Å²) >= 11 is 0. The van der Waals surface area contributed by atoms with Crippen molar-refractivity contribution < 1.29 is 8.42 Å². The fraction of sp³-hybridized carbons (Fsp3) is 0.818. The van der Waals surface area contributed by atoms with Gasteiger partial charge in [-0.2, -0.15) is 4.31 Å². The number of hydrogen-bond donors (Lipinski definition) is 0. The van der Waals surface area contributed by atoms with Crippen LogP contribution in [-0.2, 0) is 10.0 Å². The second kappa shape index (κ2) is 4.26. The van der Waals surface area contributed by atoms with E-state index in [2.05, 4.69) is 27.7 Å². The fourth-order valence-electron chi connectivity index (χ4n) is 1.98. The molecule has 0 aliphatic carbocycles. The van der Waals surface area contributed by atoms with Crippen LogP contribution in [0.4, 0.5) is 0 Å². The van der Waals surface area contributed by atoms with E-state index in [-0.39, 0.29) is 0 Å². The van der Waals surface area contributed by atoms with Crippen LogP contribution in [0.3, 0.4) is 0 Å². The quantitative estimate of drug-likeness (QED) is 0.695. The van der Waals surface area contributed by atoms with E-state index in [1.165, 1.54) is 17.4 Å². The van der Waals surface area contributed by atoms with E-state index >= 15 is 0 Å². The summed E-state index contributed by atoms with van der Waals surface area (Å²) in [5.74, 6) is 0.878. The van der Waals surface area contributed by atoms with Gasteiger partial charge in [0.25, 0.3) is 0 Å². The molecule has 0 N–H and O–H groups in total. The Bertz CT molecular complexity index is 346. The molecule has 0 saturated carbocycles. The van der Waals surface area contributed by atoms with E-state index in [9.17, 15) is 8.42 Å². The molecule has 0 spiro atoms. The Balaban J connectivity index is 2.96. The Labute approximate surface area is 93.2 Å². The van der Waals surface area contributed by atoms with Gasteiger partial charge in [0, 0.05) is 13.1 Å². The summed E-state index contributed by atoms with van der Waals surface area (Å²) < 4.78 is 24.5. The molecule has 0 amide bonds. The molecule has 0 aromatic heterocycles. The molecule has 0 aromatic rings. The van der Waals surface area contributed by atoms with Gasteiger partial charge in [0.05, 0.1) is 6.26 Å². The van der Waals surface area contributed by atoms with Crippen molar-refractivity contribution in [1.29, 1.82) is 0 Å². The van der Waals surface area contributed by atoms with Crippen molar-refractivity contribution in [2.24, 2.45) is 11.8 Å². The summed E-state index contributed by atoms with van der Waals surface area (Å²) in [6.45, 7) is 9.69. The molecule has 1 aliphatic heterocycles. The summed E-state index contributed by atoms with van der Waals surface area (Å²) in [7, 11) is -3.04. The molecule has 0 bridgehead atoms. The van der Waals surface area contributed by atoms with Crippen LogP contribution in [0.15, 0.2) is 11.1 Å². The van der Waals surface area contributed by atoms with Crippen LogP contribution in [0.5, 0.6) is 0 Å². The van der Waals surface area contributed by atoms with Crippen LogP contribution in [0, 0.1) is 11.8 Å². The van der Waals surface area contributed by atoms with Crippen molar-refractivity contribution in [1.82, 2.24) is 4.31 Å². The van der Waals surface area contributed by atoms with Crippen LogP contribution in [-0.4, -0.2) is 32.1 Å². The minimum atomic E-state index is -3.04. The van der Waals surface area contributed by atoms with Gasteiger partial charge in [0.1, 0.15) is 0 Å². The van der Waals surface area contributed by atoms with Crippen molar-refractivity contribution in [2.45, 2.75) is 27.7 Å². The minimum Gasteiger partial charge on any atom is -0.212 e. The Morgan fingerprint density at radius 3 is 1.53 bits per heavy atom. The molecule has 0 aromatic carbocycles. The third-order valence-electron chi connectivity index (χ3n) is 2.97. The van der Waals surface area contributed by atoms with Gasteiger partial charge in [0.15, 0.2) is 0 Å². The first-order valence-corrected chi connectivity index (χ1v) is 7.25. The maximum atomic E-state index is 11.5. The van der Waals surface area contributed by atoms with E-state index in [4.69, 9.17) is 0 Å². The first-order valence-electron chi connectivity index (χ1n) is 5.40. The SMILES string of the molecule is CC(C)C1=C(C(C)C)CN(S(C)(=O)=O)C1. The van der Waals surface area contributed by atoms with E-state index in [0.717, 1.165) is 0 Å². The van der Waals surface area contributed by atoms with Crippen molar-refractivity contribution in [3.8, 4) is 0 Å². The highest BCUT2D eigenvalue weighted by Gasteiger charge is 2.30. The Morgan fingerprint density at radius 1 is 1.00 bits per heavy atom. The molecule has 0 atom stereocenters. The van der Waals surface area contributed by atoms with Gasteiger partial charge >= 0.3 is 0 Å². The third-order valence-corrected chi connectivity index (χ3v) is 4.16. The van der Waals surface area contributed by atoms with Crippen molar-refractivity contribution in [3.63, 3.8) is 0 Å². The Morgan fingerprint density at radius 2 is 1.33 bits per heavy atom. The first-order chi connectivity index (χ1) is 6.73. The van der Waals surface area contributed by atoms with Gasteiger partial charge in [0.2, 0.25) is 10.0 Å². The third kappa shape index (κ3) is 2.82. The van der Waals surface area contributed by atoms with Gasteiger partial charge in [-0.05, 0) is 11.8 Å². The lowest BCUT2D eigenvalue weighted by Gasteiger charge is -2.13. The molecular formula is C11H21NO2S. The fourth-order valence-corrected chi connectivity index (χ4v) is 2.73. The monoisotopic (exact) mass is 231 g/mol. The van der Waals surface area contributed by atoms with Crippen molar-refractivity contribution in [3.05, 3.63) is 11.1 Å². The molecule has 4 heteroatoms. The summed E-state index contributed by atoms with van der Waals surface area (Å²) in [6.07, 6.45) is 1.29. The second-order valence-corrected chi connectivity index (χ2v) is 6.87. The molecule has 88 valence electrons. The zero-order chi connectivity index (χ0) is 11.8.